The maximum atomic E-state index is 13.0. The van der Waals surface area contributed by atoms with E-state index >= 15 is 0 Å². The Bertz CT molecular complexity index is 863. The maximum Gasteiger partial charge on any atom is 0.416 e. The highest BCUT2D eigenvalue weighted by molar-refractivity contribution is 5.81. The van der Waals surface area contributed by atoms with Crippen LogP contribution in [-0.2, 0) is 17.4 Å². The molecule has 2 aromatic carbocycles. The predicted molar refractivity (Wildman–Crippen MR) is 114 cm³/mol. The van der Waals surface area contributed by atoms with Crippen LogP contribution in [0.3, 0.4) is 0 Å². The SMILES string of the molecule is COc1ccc(CCNC(=O)C(C)N2CCN(c3cccc(C(F)(F)F)c3)CC2)cc1. The van der Waals surface area contributed by atoms with Gasteiger partial charge in [0.05, 0.1) is 18.7 Å². The molecule has 1 aliphatic rings. The summed E-state index contributed by atoms with van der Waals surface area (Å²) in [5, 5.41) is 2.97. The zero-order chi connectivity index (χ0) is 22.4. The number of nitrogens with one attached hydrogen (secondary N) is 1. The Balaban J connectivity index is 1.46. The number of hydrogen-bond donors (Lipinski definition) is 1. The number of hydrogen-bond acceptors (Lipinski definition) is 4. The third-order valence-electron chi connectivity index (χ3n) is 5.65. The van der Waals surface area contributed by atoms with Gasteiger partial charge in [-0.25, -0.2) is 0 Å². The van der Waals surface area contributed by atoms with Gasteiger partial charge in [0.2, 0.25) is 5.91 Å². The minimum atomic E-state index is -4.35. The van der Waals surface area contributed by atoms with Gasteiger partial charge in [0.25, 0.3) is 0 Å². The summed E-state index contributed by atoms with van der Waals surface area (Å²) in [5.41, 5.74) is 1.03. The van der Waals surface area contributed by atoms with Crippen LogP contribution in [0.15, 0.2) is 48.5 Å². The first kappa shape index (κ1) is 22.9. The van der Waals surface area contributed by atoms with Crippen molar-refractivity contribution >= 4 is 11.6 Å². The summed E-state index contributed by atoms with van der Waals surface area (Å²) < 4.78 is 44.0. The van der Waals surface area contributed by atoms with Gasteiger partial charge in [0.15, 0.2) is 0 Å². The maximum absolute atomic E-state index is 13.0. The Labute approximate surface area is 180 Å². The second-order valence-corrected chi connectivity index (χ2v) is 7.64. The number of rotatable bonds is 7. The molecule has 3 rings (SSSR count). The Hall–Kier alpha value is -2.74. The third kappa shape index (κ3) is 6.13. The highest BCUT2D eigenvalue weighted by Gasteiger charge is 2.31. The normalized spacial score (nSPS) is 16.1. The first-order chi connectivity index (χ1) is 14.8. The number of carbonyl (C=O) groups is 1. The number of anilines is 1. The molecule has 1 amide bonds. The van der Waals surface area contributed by atoms with E-state index in [1.807, 2.05) is 36.1 Å². The number of halogens is 3. The van der Waals surface area contributed by atoms with Crippen molar-refractivity contribution in [2.45, 2.75) is 25.6 Å². The molecule has 1 aliphatic heterocycles. The van der Waals surface area contributed by atoms with Gasteiger partial charge >= 0.3 is 6.18 Å². The molecule has 1 atom stereocenters. The van der Waals surface area contributed by atoms with Crippen molar-refractivity contribution in [2.75, 3.05) is 44.7 Å². The Morgan fingerprint density at radius 2 is 1.77 bits per heavy atom. The molecule has 168 valence electrons. The minimum Gasteiger partial charge on any atom is -0.497 e. The summed E-state index contributed by atoms with van der Waals surface area (Å²) in [5.74, 6) is 0.756. The highest BCUT2D eigenvalue weighted by atomic mass is 19.4. The molecule has 8 heteroatoms. The van der Waals surface area contributed by atoms with Crippen LogP contribution < -0.4 is 15.0 Å². The molecule has 0 aliphatic carbocycles. The number of alkyl halides is 3. The first-order valence-electron chi connectivity index (χ1n) is 10.3. The van der Waals surface area contributed by atoms with Crippen LogP contribution in [-0.4, -0.2) is 56.7 Å². The fourth-order valence-electron chi connectivity index (χ4n) is 3.68. The van der Waals surface area contributed by atoms with Crippen molar-refractivity contribution in [2.24, 2.45) is 0 Å². The molecule has 0 spiro atoms. The number of methoxy groups -OCH3 is 1. The van der Waals surface area contributed by atoms with Crippen LogP contribution in [0.1, 0.15) is 18.1 Å². The predicted octanol–water partition coefficient (Wildman–Crippen LogP) is 3.58. The van der Waals surface area contributed by atoms with E-state index in [2.05, 4.69) is 10.2 Å². The van der Waals surface area contributed by atoms with Crippen LogP contribution in [0.5, 0.6) is 5.75 Å². The minimum absolute atomic E-state index is 0.0407. The van der Waals surface area contributed by atoms with E-state index in [9.17, 15) is 18.0 Å². The van der Waals surface area contributed by atoms with Gasteiger partial charge in [0.1, 0.15) is 5.75 Å². The Morgan fingerprint density at radius 1 is 1.10 bits per heavy atom. The molecule has 1 fully saturated rings. The average molecular weight is 435 g/mol. The number of piperazine rings is 1. The second-order valence-electron chi connectivity index (χ2n) is 7.64. The third-order valence-corrected chi connectivity index (χ3v) is 5.65. The fourth-order valence-corrected chi connectivity index (χ4v) is 3.68. The van der Waals surface area contributed by atoms with Crippen molar-refractivity contribution in [1.29, 1.82) is 0 Å². The van der Waals surface area contributed by atoms with E-state index in [1.165, 1.54) is 12.1 Å². The lowest BCUT2D eigenvalue weighted by Crippen LogP contribution is -2.54. The van der Waals surface area contributed by atoms with Crippen molar-refractivity contribution in [1.82, 2.24) is 10.2 Å². The number of nitrogens with zero attached hydrogens (tertiary/aromatic N) is 2. The molecule has 1 heterocycles. The zero-order valence-corrected chi connectivity index (χ0v) is 17.8. The van der Waals surface area contributed by atoms with E-state index in [1.54, 1.807) is 13.2 Å². The first-order valence-corrected chi connectivity index (χ1v) is 10.3. The van der Waals surface area contributed by atoms with Crippen LogP contribution in [0.25, 0.3) is 0 Å². The molecule has 5 nitrogen and oxygen atoms in total. The average Bonchev–Trinajstić information content (AvgIpc) is 2.78. The monoisotopic (exact) mass is 435 g/mol. The topological polar surface area (TPSA) is 44.8 Å². The van der Waals surface area contributed by atoms with Crippen LogP contribution in [0, 0.1) is 0 Å². The van der Waals surface area contributed by atoms with Gasteiger partial charge in [-0.05, 0) is 49.2 Å². The standard InChI is InChI=1S/C23H28F3N3O2/c1-17(22(30)27-11-10-18-6-8-21(31-2)9-7-18)28-12-14-29(15-13-28)20-5-3-4-19(16-20)23(24,25)26/h3-9,16-17H,10-15H2,1-2H3,(H,27,30). The highest BCUT2D eigenvalue weighted by Crippen LogP contribution is 2.32. The Kier molecular flexibility index (Phi) is 7.43. The molecule has 0 aromatic heterocycles. The lowest BCUT2D eigenvalue weighted by Gasteiger charge is -2.38. The zero-order valence-electron chi connectivity index (χ0n) is 17.8. The second kappa shape index (κ2) is 10.0. The van der Waals surface area contributed by atoms with E-state index in [-0.39, 0.29) is 11.9 Å². The summed E-state index contributed by atoms with van der Waals surface area (Å²) in [6.45, 7) is 4.78. The van der Waals surface area contributed by atoms with Crippen LogP contribution in [0.4, 0.5) is 18.9 Å². The summed E-state index contributed by atoms with van der Waals surface area (Å²) in [6, 6.07) is 12.8. The van der Waals surface area contributed by atoms with E-state index in [0.29, 0.717) is 38.4 Å². The summed E-state index contributed by atoms with van der Waals surface area (Å²) in [6.07, 6.45) is -3.62. The van der Waals surface area contributed by atoms with Gasteiger partial charge in [-0.15, -0.1) is 0 Å². The summed E-state index contributed by atoms with van der Waals surface area (Å²) in [7, 11) is 1.62. The molecule has 0 saturated carbocycles. The lowest BCUT2D eigenvalue weighted by atomic mass is 10.1. The lowest BCUT2D eigenvalue weighted by molar-refractivity contribution is -0.137. The van der Waals surface area contributed by atoms with Gasteiger partial charge in [-0.1, -0.05) is 18.2 Å². The van der Waals surface area contributed by atoms with E-state index < -0.39 is 11.7 Å². The van der Waals surface area contributed by atoms with Crippen molar-refractivity contribution in [3.8, 4) is 5.75 Å². The molecule has 2 aromatic rings. The summed E-state index contributed by atoms with van der Waals surface area (Å²) >= 11 is 0. The molecular formula is C23H28F3N3O2. The molecule has 0 bridgehead atoms. The molecule has 1 unspecified atom stereocenters. The van der Waals surface area contributed by atoms with Gasteiger partial charge in [-0.3, -0.25) is 9.69 Å². The van der Waals surface area contributed by atoms with Crippen molar-refractivity contribution < 1.29 is 22.7 Å². The molecule has 1 saturated heterocycles. The summed E-state index contributed by atoms with van der Waals surface area (Å²) in [4.78, 5) is 16.5. The van der Waals surface area contributed by atoms with E-state index in [0.717, 1.165) is 23.8 Å². The van der Waals surface area contributed by atoms with Gasteiger partial charge < -0.3 is 15.0 Å². The number of ether oxygens (including phenoxy) is 1. The number of benzene rings is 2. The van der Waals surface area contributed by atoms with Gasteiger partial charge in [0, 0.05) is 38.4 Å². The Morgan fingerprint density at radius 3 is 2.39 bits per heavy atom. The van der Waals surface area contributed by atoms with Crippen molar-refractivity contribution in [3.05, 3.63) is 59.7 Å². The molecule has 0 radical (unpaired) electrons. The molecule has 31 heavy (non-hydrogen) atoms. The van der Waals surface area contributed by atoms with E-state index in [4.69, 9.17) is 4.74 Å². The largest absolute Gasteiger partial charge is 0.497 e. The number of carbonyl (C=O) groups excluding carboxylic acids is 1. The van der Waals surface area contributed by atoms with Crippen molar-refractivity contribution in [3.63, 3.8) is 0 Å². The molecular weight excluding hydrogens is 407 g/mol. The quantitative estimate of drug-likeness (QED) is 0.722. The van der Waals surface area contributed by atoms with Crippen LogP contribution >= 0.6 is 0 Å². The van der Waals surface area contributed by atoms with Gasteiger partial charge in [-0.2, -0.15) is 13.2 Å². The smallest absolute Gasteiger partial charge is 0.416 e. The fraction of sp³-hybridized carbons (Fsp3) is 0.435. The van der Waals surface area contributed by atoms with Crippen LogP contribution in [0.2, 0.25) is 0 Å². The number of amides is 1. The molecule has 1 N–H and O–H groups in total.